The second kappa shape index (κ2) is 4.73. The number of carboxylic acids is 1. The molecule has 2 amide bonds. The molecule has 0 atom stereocenters. The number of hydrogen-bond acceptors (Lipinski definition) is 3. The first kappa shape index (κ1) is 12.8. The fourth-order valence-corrected chi connectivity index (χ4v) is 1.10. The summed E-state index contributed by atoms with van der Waals surface area (Å²) in [6.07, 6.45) is 0. The summed E-state index contributed by atoms with van der Waals surface area (Å²) >= 11 is 0. The number of nitrogen functional groups attached to an aromatic ring is 1. The molecule has 0 aliphatic carbocycles. The summed E-state index contributed by atoms with van der Waals surface area (Å²) in [5.41, 5.74) is 5.14. The molecule has 0 spiro atoms. The van der Waals surface area contributed by atoms with E-state index in [9.17, 15) is 9.59 Å². The van der Waals surface area contributed by atoms with Crippen LogP contribution in [0.4, 0.5) is 16.2 Å². The number of carbonyl (C=O) groups excluding carboxylic acids is 1. The molecule has 0 saturated heterocycles. The zero-order valence-electron chi connectivity index (χ0n) is 9.65. The minimum atomic E-state index is -1.34. The third kappa shape index (κ3) is 3.37. The van der Waals surface area contributed by atoms with E-state index >= 15 is 0 Å². The van der Waals surface area contributed by atoms with Gasteiger partial charge in [0.25, 0.3) is 0 Å². The maximum Gasteiger partial charge on any atom is 0.328 e. The fourth-order valence-electron chi connectivity index (χ4n) is 1.10. The van der Waals surface area contributed by atoms with Crippen molar-refractivity contribution in [2.45, 2.75) is 19.4 Å². The summed E-state index contributed by atoms with van der Waals surface area (Å²) in [7, 11) is 0. The number of rotatable bonds is 3. The summed E-state index contributed by atoms with van der Waals surface area (Å²) in [6.45, 7) is 2.78. The maximum atomic E-state index is 11.5. The van der Waals surface area contributed by atoms with Gasteiger partial charge < -0.3 is 21.5 Å². The van der Waals surface area contributed by atoms with Crippen molar-refractivity contribution in [2.75, 3.05) is 11.1 Å². The molecule has 1 rings (SSSR count). The zero-order chi connectivity index (χ0) is 13.1. The number of aliphatic carboxylic acids is 1. The largest absolute Gasteiger partial charge is 0.480 e. The topological polar surface area (TPSA) is 104 Å². The van der Waals surface area contributed by atoms with Crippen molar-refractivity contribution < 1.29 is 14.7 Å². The van der Waals surface area contributed by atoms with Crippen molar-refractivity contribution in [1.29, 1.82) is 0 Å². The van der Waals surface area contributed by atoms with E-state index in [0.717, 1.165) is 0 Å². The van der Waals surface area contributed by atoms with Gasteiger partial charge in [-0.25, -0.2) is 9.59 Å². The molecule has 92 valence electrons. The van der Waals surface area contributed by atoms with Gasteiger partial charge in [0.2, 0.25) is 0 Å². The van der Waals surface area contributed by atoms with Crippen LogP contribution in [0.1, 0.15) is 13.8 Å². The summed E-state index contributed by atoms with van der Waals surface area (Å²) < 4.78 is 0. The molecule has 0 unspecified atom stereocenters. The maximum absolute atomic E-state index is 11.5. The second-order valence-electron chi connectivity index (χ2n) is 4.10. The second-order valence-corrected chi connectivity index (χ2v) is 4.10. The highest BCUT2D eigenvalue weighted by Crippen LogP contribution is 2.16. The molecular weight excluding hydrogens is 222 g/mol. The van der Waals surface area contributed by atoms with Gasteiger partial charge in [-0.2, -0.15) is 0 Å². The van der Waals surface area contributed by atoms with E-state index in [1.54, 1.807) is 24.3 Å². The van der Waals surface area contributed by atoms with Crippen LogP contribution < -0.4 is 16.4 Å². The molecule has 0 fully saturated rings. The number of carboxylic acid groups (broad SMARTS) is 1. The zero-order valence-corrected chi connectivity index (χ0v) is 9.65. The number of hydrogen-bond donors (Lipinski definition) is 4. The van der Waals surface area contributed by atoms with Crippen LogP contribution in [-0.4, -0.2) is 22.6 Å². The van der Waals surface area contributed by atoms with Crippen molar-refractivity contribution in [1.82, 2.24) is 5.32 Å². The average molecular weight is 237 g/mol. The Morgan fingerprint density at radius 2 is 1.88 bits per heavy atom. The lowest BCUT2D eigenvalue weighted by Crippen LogP contribution is -2.51. The SMILES string of the molecule is CC(C)(NC(=O)Nc1ccccc1N)C(=O)O. The highest BCUT2D eigenvalue weighted by molar-refractivity contribution is 5.95. The van der Waals surface area contributed by atoms with Gasteiger partial charge in [-0.3, -0.25) is 0 Å². The minimum absolute atomic E-state index is 0.413. The van der Waals surface area contributed by atoms with E-state index in [-0.39, 0.29) is 0 Å². The fraction of sp³-hybridized carbons (Fsp3) is 0.273. The molecule has 0 bridgehead atoms. The molecule has 1 aromatic rings. The molecule has 0 radical (unpaired) electrons. The summed E-state index contributed by atoms with van der Waals surface area (Å²) in [5.74, 6) is -1.12. The molecule has 6 nitrogen and oxygen atoms in total. The van der Waals surface area contributed by atoms with Crippen LogP contribution in [0, 0.1) is 0 Å². The number of nitrogens with one attached hydrogen (secondary N) is 2. The lowest BCUT2D eigenvalue weighted by Gasteiger charge is -2.21. The number of anilines is 2. The van der Waals surface area contributed by atoms with Crippen molar-refractivity contribution in [3.63, 3.8) is 0 Å². The third-order valence-corrected chi connectivity index (χ3v) is 2.17. The Morgan fingerprint density at radius 1 is 1.29 bits per heavy atom. The minimum Gasteiger partial charge on any atom is -0.480 e. The summed E-state index contributed by atoms with van der Waals surface area (Å²) in [4.78, 5) is 22.4. The number of nitrogens with two attached hydrogens (primary N) is 1. The Kier molecular flexibility index (Phi) is 3.57. The first-order valence-electron chi connectivity index (χ1n) is 5.00. The van der Waals surface area contributed by atoms with Crippen LogP contribution in [0.2, 0.25) is 0 Å². The molecule has 1 aromatic carbocycles. The van der Waals surface area contributed by atoms with E-state index in [1.165, 1.54) is 13.8 Å². The van der Waals surface area contributed by atoms with Crippen molar-refractivity contribution >= 4 is 23.4 Å². The molecule has 0 aliphatic heterocycles. The van der Waals surface area contributed by atoms with Gasteiger partial charge in [0.1, 0.15) is 5.54 Å². The average Bonchev–Trinajstić information content (AvgIpc) is 2.20. The predicted molar refractivity (Wildman–Crippen MR) is 64.7 cm³/mol. The molecule has 17 heavy (non-hydrogen) atoms. The van der Waals surface area contributed by atoms with E-state index in [1.807, 2.05) is 0 Å². The third-order valence-electron chi connectivity index (χ3n) is 2.17. The highest BCUT2D eigenvalue weighted by Gasteiger charge is 2.28. The molecule has 0 saturated carbocycles. The van der Waals surface area contributed by atoms with E-state index in [2.05, 4.69) is 10.6 Å². The highest BCUT2D eigenvalue weighted by atomic mass is 16.4. The standard InChI is InChI=1S/C11H15N3O3/c1-11(2,9(15)16)14-10(17)13-8-6-4-3-5-7(8)12/h3-6H,12H2,1-2H3,(H,15,16)(H2,13,14,17). The van der Waals surface area contributed by atoms with Gasteiger partial charge in [0.05, 0.1) is 11.4 Å². The van der Waals surface area contributed by atoms with Crippen LogP contribution in [-0.2, 0) is 4.79 Å². The van der Waals surface area contributed by atoms with Crippen LogP contribution in [0.25, 0.3) is 0 Å². The van der Waals surface area contributed by atoms with E-state index in [4.69, 9.17) is 10.8 Å². The van der Waals surface area contributed by atoms with Crippen LogP contribution in [0.5, 0.6) is 0 Å². The Balaban J connectivity index is 2.69. The smallest absolute Gasteiger partial charge is 0.328 e. The summed E-state index contributed by atoms with van der Waals surface area (Å²) in [6, 6.07) is 6.10. The number of urea groups is 1. The quantitative estimate of drug-likeness (QED) is 0.594. The Morgan fingerprint density at radius 3 is 2.41 bits per heavy atom. The van der Waals surface area contributed by atoms with Gasteiger partial charge in [0.15, 0.2) is 0 Å². The van der Waals surface area contributed by atoms with E-state index in [0.29, 0.717) is 11.4 Å². The lowest BCUT2D eigenvalue weighted by molar-refractivity contribution is -0.142. The number of amides is 2. The van der Waals surface area contributed by atoms with Gasteiger partial charge in [-0.05, 0) is 26.0 Å². The van der Waals surface area contributed by atoms with Crippen molar-refractivity contribution in [3.05, 3.63) is 24.3 Å². The number of carbonyl (C=O) groups is 2. The van der Waals surface area contributed by atoms with E-state index < -0.39 is 17.5 Å². The molecule has 0 heterocycles. The molecule has 0 aromatic heterocycles. The van der Waals surface area contributed by atoms with Crippen LogP contribution >= 0.6 is 0 Å². The van der Waals surface area contributed by atoms with Gasteiger partial charge in [-0.15, -0.1) is 0 Å². The Hall–Kier alpha value is -2.24. The summed E-state index contributed by atoms with van der Waals surface area (Å²) in [5, 5.41) is 13.7. The molecular formula is C11H15N3O3. The number of benzene rings is 1. The molecule has 5 N–H and O–H groups in total. The van der Waals surface area contributed by atoms with Crippen LogP contribution in [0.3, 0.4) is 0 Å². The predicted octanol–water partition coefficient (Wildman–Crippen LogP) is 1.25. The first-order chi connectivity index (χ1) is 7.83. The van der Waals surface area contributed by atoms with Gasteiger partial charge >= 0.3 is 12.0 Å². The molecule has 6 heteroatoms. The van der Waals surface area contributed by atoms with Gasteiger partial charge in [0, 0.05) is 0 Å². The first-order valence-corrected chi connectivity index (χ1v) is 5.00. The normalized spacial score (nSPS) is 10.7. The monoisotopic (exact) mass is 237 g/mol. The molecule has 0 aliphatic rings. The Labute approximate surface area is 98.8 Å². The van der Waals surface area contributed by atoms with Crippen molar-refractivity contribution in [3.8, 4) is 0 Å². The number of para-hydroxylation sites is 2. The van der Waals surface area contributed by atoms with Gasteiger partial charge in [-0.1, -0.05) is 12.1 Å². The van der Waals surface area contributed by atoms with Crippen LogP contribution in [0.15, 0.2) is 24.3 Å². The lowest BCUT2D eigenvalue weighted by atomic mass is 10.1. The Bertz CT molecular complexity index is 443. The van der Waals surface area contributed by atoms with Crippen molar-refractivity contribution in [2.24, 2.45) is 0 Å².